The molecule has 2 heterocycles. The number of urea groups is 1. The molecule has 1 aliphatic heterocycles. The van der Waals surface area contributed by atoms with Crippen LogP contribution in [0.3, 0.4) is 0 Å². The zero-order valence-electron chi connectivity index (χ0n) is 14.6. The molecule has 0 radical (unpaired) electrons. The summed E-state index contributed by atoms with van der Waals surface area (Å²) in [4.78, 5) is 25.8. The third-order valence-corrected chi connectivity index (χ3v) is 4.93. The van der Waals surface area contributed by atoms with Gasteiger partial charge < -0.3 is 25.4 Å². The first-order valence-corrected chi connectivity index (χ1v) is 8.76. The van der Waals surface area contributed by atoms with Crippen molar-refractivity contribution in [3.05, 3.63) is 51.9 Å². The Hall–Kier alpha value is -3.00. The Labute approximate surface area is 155 Å². The van der Waals surface area contributed by atoms with Crippen LogP contribution in [0.1, 0.15) is 17.8 Å². The molecule has 26 heavy (non-hydrogen) atoms. The van der Waals surface area contributed by atoms with Crippen molar-refractivity contribution in [1.29, 1.82) is 0 Å². The Balaban J connectivity index is 1.95. The Morgan fingerprint density at radius 2 is 2.04 bits per heavy atom. The van der Waals surface area contributed by atoms with Crippen LogP contribution in [0.5, 0.6) is 11.5 Å². The minimum Gasteiger partial charge on any atom is -0.497 e. The van der Waals surface area contributed by atoms with Gasteiger partial charge in [0.25, 0.3) is 5.91 Å². The molecule has 136 valence electrons. The summed E-state index contributed by atoms with van der Waals surface area (Å²) in [6.07, 6.45) is 0. The van der Waals surface area contributed by atoms with E-state index in [1.54, 1.807) is 32.2 Å². The quantitative estimate of drug-likeness (QED) is 0.752. The molecule has 7 nitrogen and oxygen atoms in total. The summed E-state index contributed by atoms with van der Waals surface area (Å²) in [5.41, 5.74) is 1.43. The van der Waals surface area contributed by atoms with Crippen LogP contribution < -0.4 is 25.4 Å². The van der Waals surface area contributed by atoms with Crippen molar-refractivity contribution >= 4 is 29.0 Å². The molecule has 8 heteroatoms. The van der Waals surface area contributed by atoms with Crippen LogP contribution >= 0.6 is 11.3 Å². The highest BCUT2D eigenvalue weighted by atomic mass is 32.1. The van der Waals surface area contributed by atoms with Crippen molar-refractivity contribution in [3.8, 4) is 11.5 Å². The van der Waals surface area contributed by atoms with Crippen LogP contribution in [-0.2, 0) is 4.79 Å². The number of benzene rings is 1. The van der Waals surface area contributed by atoms with E-state index in [1.165, 1.54) is 18.4 Å². The van der Waals surface area contributed by atoms with E-state index in [4.69, 9.17) is 9.47 Å². The van der Waals surface area contributed by atoms with Gasteiger partial charge in [-0.25, -0.2) is 4.79 Å². The highest BCUT2D eigenvalue weighted by Gasteiger charge is 2.32. The fourth-order valence-corrected chi connectivity index (χ4v) is 3.55. The SMILES string of the molecule is COc1ccc(OC)c(NC(=O)C2=C(C)NC(=O)N[C@@H]2c2cccs2)c1. The smallest absolute Gasteiger partial charge is 0.319 e. The van der Waals surface area contributed by atoms with E-state index < -0.39 is 6.04 Å². The number of nitrogens with one attached hydrogen (secondary N) is 3. The van der Waals surface area contributed by atoms with Gasteiger partial charge in [-0.15, -0.1) is 11.3 Å². The van der Waals surface area contributed by atoms with Crippen molar-refractivity contribution in [2.75, 3.05) is 19.5 Å². The lowest BCUT2D eigenvalue weighted by molar-refractivity contribution is -0.113. The molecule has 0 saturated carbocycles. The largest absolute Gasteiger partial charge is 0.497 e. The van der Waals surface area contributed by atoms with Crippen molar-refractivity contribution in [2.24, 2.45) is 0 Å². The first-order chi connectivity index (χ1) is 12.5. The van der Waals surface area contributed by atoms with Crippen molar-refractivity contribution < 1.29 is 19.1 Å². The van der Waals surface area contributed by atoms with Crippen LogP contribution in [0.25, 0.3) is 0 Å². The lowest BCUT2D eigenvalue weighted by Crippen LogP contribution is -2.45. The van der Waals surface area contributed by atoms with Gasteiger partial charge in [-0.3, -0.25) is 4.79 Å². The standard InChI is InChI=1S/C18H19N3O4S/c1-10-15(16(21-18(23)19-10)14-5-4-8-26-14)17(22)20-12-9-11(24-2)6-7-13(12)25-3/h4-9,16H,1-3H3,(H,20,22)(H2,19,21,23)/t16-/m1/s1. The monoisotopic (exact) mass is 373 g/mol. The fraction of sp³-hybridized carbons (Fsp3) is 0.222. The average Bonchev–Trinajstić information content (AvgIpc) is 3.15. The molecule has 0 spiro atoms. The molecule has 0 saturated heterocycles. The number of carbonyl (C=O) groups excluding carboxylic acids is 2. The van der Waals surface area contributed by atoms with Crippen LogP contribution in [0.15, 0.2) is 47.0 Å². The summed E-state index contributed by atoms with van der Waals surface area (Å²) < 4.78 is 10.5. The maximum atomic E-state index is 13.0. The summed E-state index contributed by atoms with van der Waals surface area (Å²) in [6.45, 7) is 1.71. The highest BCUT2D eigenvalue weighted by molar-refractivity contribution is 7.10. The van der Waals surface area contributed by atoms with E-state index in [0.717, 1.165) is 4.88 Å². The topological polar surface area (TPSA) is 88.7 Å². The number of thiophene rings is 1. The van der Waals surface area contributed by atoms with Crippen molar-refractivity contribution in [2.45, 2.75) is 13.0 Å². The molecule has 1 atom stereocenters. The van der Waals surface area contributed by atoms with E-state index in [-0.39, 0.29) is 11.9 Å². The lowest BCUT2D eigenvalue weighted by atomic mass is 10.0. The number of allylic oxidation sites excluding steroid dienone is 1. The van der Waals surface area contributed by atoms with Gasteiger partial charge in [0.2, 0.25) is 0 Å². The van der Waals surface area contributed by atoms with Gasteiger partial charge in [0, 0.05) is 16.6 Å². The summed E-state index contributed by atoms with van der Waals surface area (Å²) >= 11 is 1.47. The van der Waals surface area contributed by atoms with Crippen molar-refractivity contribution in [1.82, 2.24) is 10.6 Å². The number of rotatable bonds is 5. The zero-order valence-corrected chi connectivity index (χ0v) is 15.4. The second-order valence-electron chi connectivity index (χ2n) is 5.61. The number of hydrogen-bond acceptors (Lipinski definition) is 5. The predicted molar refractivity (Wildman–Crippen MR) is 99.6 cm³/mol. The molecule has 1 aromatic heterocycles. The van der Waals surface area contributed by atoms with Crippen LogP contribution in [0.4, 0.5) is 10.5 Å². The van der Waals surface area contributed by atoms with Crippen LogP contribution in [-0.4, -0.2) is 26.2 Å². The molecular formula is C18H19N3O4S. The number of amides is 3. The van der Waals surface area contributed by atoms with Gasteiger partial charge >= 0.3 is 6.03 Å². The Morgan fingerprint density at radius 1 is 1.23 bits per heavy atom. The second kappa shape index (κ2) is 7.49. The molecule has 3 rings (SSSR count). The fourth-order valence-electron chi connectivity index (χ4n) is 2.77. The van der Waals surface area contributed by atoms with Crippen LogP contribution in [0, 0.1) is 0 Å². The van der Waals surface area contributed by atoms with Crippen LogP contribution in [0.2, 0.25) is 0 Å². The first kappa shape index (κ1) is 17.8. The Bertz CT molecular complexity index is 861. The van der Waals surface area contributed by atoms with Gasteiger partial charge in [0.1, 0.15) is 11.5 Å². The van der Waals surface area contributed by atoms with Gasteiger partial charge in [-0.2, -0.15) is 0 Å². The normalized spacial score (nSPS) is 16.6. The molecule has 3 N–H and O–H groups in total. The predicted octanol–water partition coefficient (Wildman–Crippen LogP) is 3.03. The van der Waals surface area contributed by atoms with E-state index in [1.807, 2.05) is 17.5 Å². The Kier molecular flexibility index (Phi) is 5.13. The second-order valence-corrected chi connectivity index (χ2v) is 6.59. The Morgan fingerprint density at radius 3 is 2.69 bits per heavy atom. The van der Waals surface area contributed by atoms with Gasteiger partial charge in [0.05, 0.1) is 31.5 Å². The zero-order chi connectivity index (χ0) is 18.7. The molecule has 2 aromatic rings. The molecule has 0 aliphatic carbocycles. The van der Waals surface area contributed by atoms with Gasteiger partial charge in [-0.05, 0) is 30.5 Å². The number of hydrogen-bond donors (Lipinski definition) is 3. The molecule has 0 bridgehead atoms. The minimum absolute atomic E-state index is 0.333. The molecule has 1 aliphatic rings. The summed E-state index contributed by atoms with van der Waals surface area (Å²) in [5, 5.41) is 10.2. The molecule has 3 amide bonds. The summed E-state index contributed by atoms with van der Waals surface area (Å²) in [7, 11) is 3.08. The minimum atomic E-state index is -0.514. The van der Waals surface area contributed by atoms with Gasteiger partial charge in [0.15, 0.2) is 0 Å². The van der Waals surface area contributed by atoms with E-state index in [0.29, 0.717) is 28.5 Å². The lowest BCUT2D eigenvalue weighted by Gasteiger charge is -2.27. The summed E-state index contributed by atoms with van der Waals surface area (Å²) in [6, 6.07) is 8.06. The molecule has 0 fully saturated rings. The molecule has 1 aromatic carbocycles. The average molecular weight is 373 g/mol. The van der Waals surface area contributed by atoms with Gasteiger partial charge in [-0.1, -0.05) is 6.07 Å². The maximum absolute atomic E-state index is 13.0. The number of carbonyl (C=O) groups is 2. The summed E-state index contributed by atoms with van der Waals surface area (Å²) in [5.74, 6) is 0.773. The number of anilines is 1. The van der Waals surface area contributed by atoms with E-state index in [9.17, 15) is 9.59 Å². The first-order valence-electron chi connectivity index (χ1n) is 7.88. The third kappa shape index (κ3) is 3.50. The van der Waals surface area contributed by atoms with Crippen molar-refractivity contribution in [3.63, 3.8) is 0 Å². The maximum Gasteiger partial charge on any atom is 0.319 e. The number of methoxy groups -OCH3 is 2. The van der Waals surface area contributed by atoms with E-state index in [2.05, 4.69) is 16.0 Å². The van der Waals surface area contributed by atoms with E-state index >= 15 is 0 Å². The molecular weight excluding hydrogens is 354 g/mol. The third-order valence-electron chi connectivity index (χ3n) is 4.00. The highest BCUT2D eigenvalue weighted by Crippen LogP contribution is 2.33. The molecule has 0 unspecified atom stereocenters. The number of ether oxygens (including phenoxy) is 2.